The van der Waals surface area contributed by atoms with Gasteiger partial charge in [0.2, 0.25) is 5.91 Å². The summed E-state index contributed by atoms with van der Waals surface area (Å²) < 4.78 is 13.4. The van der Waals surface area contributed by atoms with Crippen molar-refractivity contribution in [2.24, 2.45) is 0 Å². The molecule has 1 atom stereocenters. The first kappa shape index (κ1) is 23.8. The number of thioether (sulfide) groups is 1. The van der Waals surface area contributed by atoms with E-state index in [9.17, 15) is 14.0 Å². The highest BCUT2D eigenvalue weighted by atomic mass is 32.2. The molecule has 0 radical (unpaired) electrons. The summed E-state index contributed by atoms with van der Waals surface area (Å²) in [6, 6.07) is 14.5. The van der Waals surface area contributed by atoms with Crippen LogP contribution >= 0.6 is 11.8 Å². The summed E-state index contributed by atoms with van der Waals surface area (Å²) in [5, 5.41) is 0.0577. The molecule has 2 aliphatic rings. The summed E-state index contributed by atoms with van der Waals surface area (Å²) in [4.78, 5) is 31.3. The van der Waals surface area contributed by atoms with Crippen LogP contribution in [0, 0.1) is 5.82 Å². The number of hydrogen-bond acceptors (Lipinski definition) is 4. The maximum atomic E-state index is 13.4. The fourth-order valence-electron chi connectivity index (χ4n) is 4.35. The molecule has 2 amide bonds. The van der Waals surface area contributed by atoms with E-state index in [1.807, 2.05) is 4.90 Å². The zero-order chi connectivity index (χ0) is 23.6. The molecule has 7 heteroatoms. The molecule has 2 aromatic rings. The lowest BCUT2D eigenvalue weighted by Gasteiger charge is -2.36. The minimum atomic E-state index is -0.393. The van der Waals surface area contributed by atoms with Crippen LogP contribution in [0.15, 0.2) is 48.5 Å². The first-order valence-corrected chi connectivity index (χ1v) is 12.6. The third kappa shape index (κ3) is 5.58. The third-order valence-electron chi connectivity index (χ3n) is 6.42. The Morgan fingerprint density at radius 1 is 1.03 bits per heavy atom. The van der Waals surface area contributed by atoms with E-state index in [2.05, 4.69) is 49.9 Å². The highest BCUT2D eigenvalue weighted by Gasteiger charge is 2.33. The van der Waals surface area contributed by atoms with Crippen molar-refractivity contribution in [2.45, 2.75) is 31.6 Å². The molecule has 2 aromatic carbocycles. The van der Waals surface area contributed by atoms with Gasteiger partial charge in [-0.05, 0) is 34.7 Å². The molecule has 5 nitrogen and oxygen atoms in total. The molecule has 2 saturated heterocycles. The van der Waals surface area contributed by atoms with Gasteiger partial charge in [0.1, 0.15) is 11.2 Å². The quantitative estimate of drug-likeness (QED) is 0.660. The molecule has 2 aliphatic heterocycles. The number of benzene rings is 2. The number of halogens is 1. The van der Waals surface area contributed by atoms with Crippen molar-refractivity contribution in [2.75, 3.05) is 45.0 Å². The molecule has 2 heterocycles. The monoisotopic (exact) mass is 469 g/mol. The predicted molar refractivity (Wildman–Crippen MR) is 131 cm³/mol. The maximum absolute atomic E-state index is 13.4. The van der Waals surface area contributed by atoms with Crippen LogP contribution in [0.4, 0.5) is 4.39 Å². The second-order valence-electron chi connectivity index (χ2n) is 9.77. The molecule has 0 aliphatic carbocycles. The lowest BCUT2D eigenvalue weighted by molar-refractivity contribution is -0.128. The second kappa shape index (κ2) is 9.85. The number of carbonyl (C=O) groups excluding carboxylic acids is 2. The zero-order valence-corrected chi connectivity index (χ0v) is 20.4. The van der Waals surface area contributed by atoms with E-state index in [1.165, 1.54) is 23.3 Å². The molecule has 33 heavy (non-hydrogen) atoms. The number of hydrogen-bond donors (Lipinski definition) is 0. The Morgan fingerprint density at radius 2 is 1.73 bits per heavy atom. The molecule has 0 N–H and O–H groups in total. The lowest BCUT2D eigenvalue weighted by atomic mass is 9.87. The van der Waals surface area contributed by atoms with E-state index < -0.39 is 5.82 Å². The molecule has 0 aromatic heterocycles. The summed E-state index contributed by atoms with van der Waals surface area (Å²) in [7, 11) is 0. The van der Waals surface area contributed by atoms with Gasteiger partial charge in [0.05, 0.1) is 5.75 Å². The first-order chi connectivity index (χ1) is 15.7. The van der Waals surface area contributed by atoms with E-state index in [1.54, 1.807) is 28.8 Å². The molecule has 1 unspecified atom stereocenters. The number of rotatable bonds is 5. The van der Waals surface area contributed by atoms with Crippen molar-refractivity contribution < 1.29 is 14.0 Å². The van der Waals surface area contributed by atoms with Gasteiger partial charge >= 0.3 is 0 Å². The average molecular weight is 470 g/mol. The van der Waals surface area contributed by atoms with E-state index in [0.717, 1.165) is 19.6 Å². The van der Waals surface area contributed by atoms with E-state index in [0.29, 0.717) is 31.0 Å². The van der Waals surface area contributed by atoms with E-state index >= 15 is 0 Å². The molecule has 176 valence electrons. The smallest absolute Gasteiger partial charge is 0.254 e. The summed E-state index contributed by atoms with van der Waals surface area (Å²) in [6.07, 6.45) is 0. The first-order valence-electron chi connectivity index (χ1n) is 11.5. The van der Waals surface area contributed by atoms with Gasteiger partial charge in [-0.25, -0.2) is 4.39 Å². The van der Waals surface area contributed by atoms with Gasteiger partial charge in [0, 0.05) is 44.8 Å². The van der Waals surface area contributed by atoms with Gasteiger partial charge < -0.3 is 9.80 Å². The van der Waals surface area contributed by atoms with Crippen LogP contribution < -0.4 is 0 Å². The molecular weight excluding hydrogens is 437 g/mol. The van der Waals surface area contributed by atoms with Gasteiger partial charge in [-0.15, -0.1) is 11.8 Å². The van der Waals surface area contributed by atoms with E-state index in [-0.39, 0.29) is 22.6 Å². The Morgan fingerprint density at radius 3 is 2.36 bits per heavy atom. The van der Waals surface area contributed by atoms with Crippen LogP contribution in [-0.2, 0) is 10.2 Å². The Labute approximate surface area is 199 Å². The maximum Gasteiger partial charge on any atom is 0.254 e. The van der Waals surface area contributed by atoms with Crippen molar-refractivity contribution >= 4 is 23.6 Å². The fraction of sp³-hybridized carbons (Fsp3) is 0.462. The molecule has 2 fully saturated rings. The Hall–Kier alpha value is -2.38. The van der Waals surface area contributed by atoms with Crippen LogP contribution in [0.1, 0.15) is 47.6 Å². The van der Waals surface area contributed by atoms with E-state index in [4.69, 9.17) is 0 Å². The molecule has 4 rings (SSSR count). The van der Waals surface area contributed by atoms with Crippen molar-refractivity contribution in [3.63, 3.8) is 0 Å². The molecule has 0 bridgehead atoms. The highest BCUT2D eigenvalue weighted by molar-refractivity contribution is 8.00. The van der Waals surface area contributed by atoms with Crippen LogP contribution in [-0.4, -0.2) is 71.5 Å². The SMILES string of the molecule is CC(C)(C)c1ccc(C2SCC(=O)N2CCN2CCN(C(=O)c3cccc(F)c3)CC2)cc1. The predicted octanol–water partition coefficient (Wildman–Crippen LogP) is 4.16. The second-order valence-corrected chi connectivity index (χ2v) is 10.8. The standard InChI is InChI=1S/C26H32FN3O2S/c1-26(2,3)21-9-7-19(8-10-21)25-30(23(31)18-33-25)16-13-28-11-14-29(15-12-28)24(32)20-5-4-6-22(27)17-20/h4-10,17,25H,11-16,18H2,1-3H3. The molecule has 0 saturated carbocycles. The van der Waals surface area contributed by atoms with Crippen LogP contribution in [0.25, 0.3) is 0 Å². The van der Waals surface area contributed by atoms with Gasteiger partial charge in [-0.1, -0.05) is 51.1 Å². The van der Waals surface area contributed by atoms with Crippen molar-refractivity contribution in [3.8, 4) is 0 Å². The van der Waals surface area contributed by atoms with Crippen LogP contribution in [0.5, 0.6) is 0 Å². The summed E-state index contributed by atoms with van der Waals surface area (Å²) in [6.45, 7) is 10.8. The molecule has 0 spiro atoms. The summed E-state index contributed by atoms with van der Waals surface area (Å²) in [5.41, 5.74) is 2.96. The minimum Gasteiger partial charge on any atom is -0.336 e. The number of piperazine rings is 1. The van der Waals surface area contributed by atoms with Gasteiger partial charge in [-0.2, -0.15) is 0 Å². The highest BCUT2D eigenvalue weighted by Crippen LogP contribution is 2.39. The van der Waals surface area contributed by atoms with Crippen molar-refractivity contribution in [1.29, 1.82) is 0 Å². The number of carbonyl (C=O) groups is 2. The average Bonchev–Trinajstić information content (AvgIpc) is 3.17. The summed E-state index contributed by atoms with van der Waals surface area (Å²) in [5.74, 6) is 0.181. The fourth-order valence-corrected chi connectivity index (χ4v) is 5.57. The van der Waals surface area contributed by atoms with Crippen molar-refractivity contribution in [1.82, 2.24) is 14.7 Å². The summed E-state index contributed by atoms with van der Waals surface area (Å²) >= 11 is 1.69. The number of nitrogens with zero attached hydrogens (tertiary/aromatic N) is 3. The Kier molecular flexibility index (Phi) is 7.10. The van der Waals surface area contributed by atoms with Crippen LogP contribution in [0.2, 0.25) is 0 Å². The lowest BCUT2D eigenvalue weighted by Crippen LogP contribution is -2.50. The van der Waals surface area contributed by atoms with Gasteiger partial charge in [0.15, 0.2) is 0 Å². The largest absolute Gasteiger partial charge is 0.336 e. The topological polar surface area (TPSA) is 43.9 Å². The number of amides is 2. The normalized spacial score (nSPS) is 19.9. The molecular formula is C26H32FN3O2S. The zero-order valence-electron chi connectivity index (χ0n) is 19.6. The Bertz CT molecular complexity index is 997. The Balaban J connectivity index is 1.31. The third-order valence-corrected chi connectivity index (χ3v) is 7.67. The minimum absolute atomic E-state index is 0.0577. The van der Waals surface area contributed by atoms with Gasteiger partial charge in [-0.3, -0.25) is 14.5 Å². The van der Waals surface area contributed by atoms with Crippen molar-refractivity contribution in [3.05, 3.63) is 71.0 Å². The van der Waals surface area contributed by atoms with Crippen LogP contribution in [0.3, 0.4) is 0 Å². The van der Waals surface area contributed by atoms with Gasteiger partial charge in [0.25, 0.3) is 5.91 Å².